The van der Waals surface area contributed by atoms with Crippen LogP contribution in [0.1, 0.15) is 43.8 Å². The summed E-state index contributed by atoms with van der Waals surface area (Å²) >= 11 is 5.88. The fraction of sp³-hybridized carbons (Fsp3) is 0.647. The standard InChI is InChI=1S/C17H24ClNO/c18-16-7-5-15(6-8-16)17(20)9-10-19-11-13-1-2-14(12-19)4-3-13/h5-8,13-14,17,20H,1-4,9-12H2/t13?,14?,17-/m0/s1. The molecular formula is C17H24ClNO. The number of fused-ring (bicyclic) bond motifs is 4. The highest BCUT2D eigenvalue weighted by Crippen LogP contribution is 2.34. The largest absolute Gasteiger partial charge is 0.388 e. The van der Waals surface area contributed by atoms with Crippen LogP contribution in [0.25, 0.3) is 0 Å². The molecule has 0 spiro atoms. The molecule has 1 atom stereocenters. The van der Waals surface area contributed by atoms with Crippen LogP contribution in [0.5, 0.6) is 0 Å². The van der Waals surface area contributed by atoms with E-state index in [9.17, 15) is 5.11 Å². The van der Waals surface area contributed by atoms with E-state index in [-0.39, 0.29) is 6.10 Å². The molecular weight excluding hydrogens is 270 g/mol. The molecule has 2 bridgehead atoms. The summed E-state index contributed by atoms with van der Waals surface area (Å²) in [5.74, 6) is 1.81. The molecule has 2 aliphatic heterocycles. The van der Waals surface area contributed by atoms with E-state index in [0.29, 0.717) is 0 Å². The van der Waals surface area contributed by atoms with Crippen LogP contribution in [0.4, 0.5) is 0 Å². The quantitative estimate of drug-likeness (QED) is 0.910. The van der Waals surface area contributed by atoms with Crippen molar-refractivity contribution in [3.63, 3.8) is 0 Å². The SMILES string of the molecule is O[C@@H](CCN1CC2CCC(CC2)C1)c1ccc(Cl)cc1. The third-order valence-electron chi connectivity index (χ3n) is 4.97. The van der Waals surface area contributed by atoms with Gasteiger partial charge < -0.3 is 10.0 Å². The van der Waals surface area contributed by atoms with Crippen LogP contribution in [0.15, 0.2) is 24.3 Å². The van der Waals surface area contributed by atoms with Crippen molar-refractivity contribution in [2.75, 3.05) is 19.6 Å². The highest BCUT2D eigenvalue weighted by atomic mass is 35.5. The van der Waals surface area contributed by atoms with Crippen LogP contribution >= 0.6 is 11.6 Å². The third kappa shape index (κ3) is 3.55. The smallest absolute Gasteiger partial charge is 0.0802 e. The maximum absolute atomic E-state index is 10.3. The zero-order valence-corrected chi connectivity index (χ0v) is 12.7. The molecule has 20 heavy (non-hydrogen) atoms. The highest BCUT2D eigenvalue weighted by molar-refractivity contribution is 6.30. The summed E-state index contributed by atoms with van der Waals surface area (Å²) in [4.78, 5) is 2.58. The van der Waals surface area contributed by atoms with E-state index in [0.717, 1.165) is 35.4 Å². The van der Waals surface area contributed by atoms with Crippen LogP contribution in [0.3, 0.4) is 0 Å². The van der Waals surface area contributed by atoms with Crippen molar-refractivity contribution in [2.24, 2.45) is 11.8 Å². The molecule has 1 N–H and O–H groups in total. The normalized spacial score (nSPS) is 28.3. The minimum absolute atomic E-state index is 0.367. The predicted octanol–water partition coefficient (Wildman–Crippen LogP) is 3.89. The number of nitrogens with zero attached hydrogens (tertiary/aromatic N) is 1. The lowest BCUT2D eigenvalue weighted by molar-refractivity contribution is 0.138. The minimum Gasteiger partial charge on any atom is -0.388 e. The Kier molecular flexibility index (Phi) is 4.65. The van der Waals surface area contributed by atoms with E-state index in [1.165, 1.54) is 38.8 Å². The summed E-state index contributed by atoms with van der Waals surface area (Å²) in [5, 5.41) is 11.0. The molecule has 0 amide bonds. The van der Waals surface area contributed by atoms with Crippen molar-refractivity contribution in [3.8, 4) is 0 Å². The summed E-state index contributed by atoms with van der Waals surface area (Å²) in [6.07, 6.45) is 6.12. The summed E-state index contributed by atoms with van der Waals surface area (Å²) in [7, 11) is 0. The van der Waals surface area contributed by atoms with Crippen molar-refractivity contribution in [3.05, 3.63) is 34.9 Å². The monoisotopic (exact) mass is 293 g/mol. The first-order valence-electron chi connectivity index (χ1n) is 7.86. The van der Waals surface area contributed by atoms with Crippen molar-refractivity contribution < 1.29 is 5.11 Å². The summed E-state index contributed by atoms with van der Waals surface area (Å²) < 4.78 is 0. The third-order valence-corrected chi connectivity index (χ3v) is 5.22. The molecule has 3 heteroatoms. The zero-order valence-electron chi connectivity index (χ0n) is 12.0. The van der Waals surface area contributed by atoms with Crippen LogP contribution in [0, 0.1) is 11.8 Å². The fourth-order valence-electron chi connectivity index (χ4n) is 3.74. The number of halogens is 1. The summed E-state index contributed by atoms with van der Waals surface area (Å²) in [6.45, 7) is 3.49. The van der Waals surface area contributed by atoms with Crippen LogP contribution in [-0.2, 0) is 0 Å². The number of hydrogen-bond acceptors (Lipinski definition) is 2. The van der Waals surface area contributed by atoms with Gasteiger partial charge in [0.15, 0.2) is 0 Å². The lowest BCUT2D eigenvalue weighted by Crippen LogP contribution is -2.30. The van der Waals surface area contributed by atoms with Gasteiger partial charge in [-0.15, -0.1) is 0 Å². The molecule has 2 saturated heterocycles. The van der Waals surface area contributed by atoms with Gasteiger partial charge in [0.2, 0.25) is 0 Å². The molecule has 3 fully saturated rings. The summed E-state index contributed by atoms with van der Waals surface area (Å²) in [6, 6.07) is 7.57. The van der Waals surface area contributed by atoms with Gasteiger partial charge in [0.25, 0.3) is 0 Å². The molecule has 4 rings (SSSR count). The Balaban J connectivity index is 1.52. The van der Waals surface area contributed by atoms with E-state index >= 15 is 0 Å². The van der Waals surface area contributed by atoms with Gasteiger partial charge in [-0.25, -0.2) is 0 Å². The van der Waals surface area contributed by atoms with Crippen LogP contribution in [-0.4, -0.2) is 29.6 Å². The molecule has 1 saturated carbocycles. The molecule has 2 heterocycles. The molecule has 1 aromatic rings. The van der Waals surface area contributed by atoms with Gasteiger partial charge in [-0.3, -0.25) is 0 Å². The molecule has 2 nitrogen and oxygen atoms in total. The van der Waals surface area contributed by atoms with E-state index in [2.05, 4.69) is 4.90 Å². The number of aliphatic hydroxyl groups is 1. The van der Waals surface area contributed by atoms with Crippen molar-refractivity contribution >= 4 is 11.6 Å². The lowest BCUT2D eigenvalue weighted by Gasteiger charge is -2.23. The minimum atomic E-state index is -0.367. The van der Waals surface area contributed by atoms with Gasteiger partial charge in [-0.1, -0.05) is 23.7 Å². The Morgan fingerprint density at radius 1 is 1.05 bits per heavy atom. The topological polar surface area (TPSA) is 23.5 Å². The maximum atomic E-state index is 10.3. The Morgan fingerprint density at radius 3 is 2.15 bits per heavy atom. The van der Waals surface area contributed by atoms with E-state index in [4.69, 9.17) is 11.6 Å². The first-order chi connectivity index (χ1) is 9.70. The second kappa shape index (κ2) is 6.46. The van der Waals surface area contributed by atoms with Gasteiger partial charge in [-0.05, 0) is 61.6 Å². The number of rotatable bonds is 4. The molecule has 1 aliphatic carbocycles. The first-order valence-corrected chi connectivity index (χ1v) is 8.24. The van der Waals surface area contributed by atoms with Crippen molar-refractivity contribution in [1.29, 1.82) is 0 Å². The van der Waals surface area contributed by atoms with E-state index in [1.54, 1.807) is 0 Å². The molecule has 0 aromatic heterocycles. The van der Waals surface area contributed by atoms with E-state index in [1.807, 2.05) is 24.3 Å². The second-order valence-corrected chi connectivity index (χ2v) is 6.94. The molecule has 110 valence electrons. The number of aliphatic hydroxyl groups excluding tert-OH is 1. The van der Waals surface area contributed by atoms with Gasteiger partial charge in [0.05, 0.1) is 6.10 Å². The highest BCUT2D eigenvalue weighted by Gasteiger charge is 2.29. The average molecular weight is 294 g/mol. The van der Waals surface area contributed by atoms with Gasteiger partial charge >= 0.3 is 0 Å². The number of benzene rings is 1. The molecule has 1 aromatic carbocycles. The maximum Gasteiger partial charge on any atom is 0.0802 e. The van der Waals surface area contributed by atoms with Crippen LogP contribution in [0.2, 0.25) is 5.02 Å². The predicted molar refractivity (Wildman–Crippen MR) is 82.9 cm³/mol. The Bertz CT molecular complexity index is 411. The first kappa shape index (κ1) is 14.4. The van der Waals surface area contributed by atoms with Crippen LogP contribution < -0.4 is 0 Å². The lowest BCUT2D eigenvalue weighted by atomic mass is 9.84. The molecule has 0 unspecified atom stereocenters. The second-order valence-electron chi connectivity index (χ2n) is 6.50. The molecule has 0 radical (unpaired) electrons. The fourth-order valence-corrected chi connectivity index (χ4v) is 3.87. The molecule has 3 aliphatic rings. The summed E-state index contributed by atoms with van der Waals surface area (Å²) in [5.41, 5.74) is 0.979. The van der Waals surface area contributed by atoms with E-state index < -0.39 is 0 Å². The van der Waals surface area contributed by atoms with Gasteiger partial charge in [0.1, 0.15) is 0 Å². The van der Waals surface area contributed by atoms with Gasteiger partial charge in [0, 0.05) is 24.7 Å². The average Bonchev–Trinajstić information content (AvgIpc) is 2.78. The van der Waals surface area contributed by atoms with Gasteiger partial charge in [-0.2, -0.15) is 0 Å². The van der Waals surface area contributed by atoms with Crippen molar-refractivity contribution in [1.82, 2.24) is 4.90 Å². The number of hydrogen-bond donors (Lipinski definition) is 1. The Labute approximate surface area is 126 Å². The Morgan fingerprint density at radius 2 is 1.60 bits per heavy atom. The van der Waals surface area contributed by atoms with Crippen molar-refractivity contribution in [2.45, 2.75) is 38.2 Å². The Hall–Kier alpha value is -0.570. The zero-order chi connectivity index (χ0) is 13.9.